The molecular weight excluding hydrogens is 379 g/mol. The number of nitriles is 1. The van der Waals surface area contributed by atoms with Gasteiger partial charge >= 0.3 is 0 Å². The van der Waals surface area contributed by atoms with E-state index < -0.39 is 5.82 Å². The Hall–Kier alpha value is -3.62. The number of pyridine rings is 1. The lowest BCUT2D eigenvalue weighted by molar-refractivity contribution is 0.482. The Morgan fingerprint density at radius 3 is 2.54 bits per heavy atom. The fraction of sp³-hybridized carbons (Fsp3) is 0. The van der Waals surface area contributed by atoms with Crippen LogP contribution in [0.15, 0.2) is 71.5 Å². The summed E-state index contributed by atoms with van der Waals surface area (Å²) in [5.41, 5.74) is 1.33. The summed E-state index contributed by atoms with van der Waals surface area (Å²) < 4.78 is 19.9. The first-order valence-electron chi connectivity index (χ1n) is 8.34. The van der Waals surface area contributed by atoms with Gasteiger partial charge in [-0.15, -0.1) is 0 Å². The number of rotatable bonds is 3. The number of nitrogens with zero attached hydrogens (tertiary/aromatic N) is 1. The predicted molar refractivity (Wildman–Crippen MR) is 106 cm³/mol. The number of fused-ring (bicyclic) bond motifs is 1. The van der Waals surface area contributed by atoms with Crippen LogP contribution in [0.25, 0.3) is 22.2 Å². The number of benzene rings is 3. The van der Waals surface area contributed by atoms with E-state index in [1.807, 2.05) is 0 Å². The van der Waals surface area contributed by atoms with Crippen LogP contribution in [0.3, 0.4) is 0 Å². The fourth-order valence-corrected chi connectivity index (χ4v) is 3.12. The molecule has 4 nitrogen and oxygen atoms in total. The zero-order chi connectivity index (χ0) is 19.7. The van der Waals surface area contributed by atoms with Crippen molar-refractivity contribution in [2.45, 2.75) is 0 Å². The normalized spacial score (nSPS) is 10.6. The summed E-state index contributed by atoms with van der Waals surface area (Å²) in [5, 5.41) is 10.1. The number of H-pyrrole nitrogens is 1. The molecule has 0 aliphatic rings. The molecule has 28 heavy (non-hydrogen) atoms. The molecule has 0 aliphatic carbocycles. The first-order valence-corrected chi connectivity index (χ1v) is 8.72. The van der Waals surface area contributed by atoms with Crippen molar-refractivity contribution < 1.29 is 9.13 Å². The molecule has 4 aromatic rings. The number of hydrogen-bond donors (Lipinski definition) is 1. The first-order chi connectivity index (χ1) is 13.5. The zero-order valence-electron chi connectivity index (χ0n) is 14.4. The molecular formula is C22H12ClFN2O2. The third kappa shape index (κ3) is 3.34. The van der Waals surface area contributed by atoms with Gasteiger partial charge in [0.05, 0.1) is 28.2 Å². The quantitative estimate of drug-likeness (QED) is 0.491. The van der Waals surface area contributed by atoms with Crippen molar-refractivity contribution in [3.05, 3.63) is 93.4 Å². The lowest BCUT2D eigenvalue weighted by atomic mass is 10.0. The second kappa shape index (κ2) is 7.18. The Kier molecular flexibility index (Phi) is 4.56. The van der Waals surface area contributed by atoms with Gasteiger partial charge < -0.3 is 9.72 Å². The van der Waals surface area contributed by atoms with E-state index in [1.165, 1.54) is 12.1 Å². The standard InChI is InChI=1S/C22H12ClFN2O2/c23-14-5-7-16(8-6-14)28-21-10-15(24)9-19-22(21)20(27)11-18(26-19)17-4-2-1-3-13(17)12-25/h1-11H,(H,26,27). The van der Waals surface area contributed by atoms with E-state index in [0.717, 1.165) is 6.07 Å². The topological polar surface area (TPSA) is 65.9 Å². The van der Waals surface area contributed by atoms with E-state index in [0.29, 0.717) is 27.6 Å². The number of aromatic nitrogens is 1. The molecule has 1 heterocycles. The summed E-state index contributed by atoms with van der Waals surface area (Å²) in [5.74, 6) is -0.0360. The zero-order valence-corrected chi connectivity index (χ0v) is 15.1. The molecule has 1 N–H and O–H groups in total. The molecule has 0 amide bonds. The molecule has 3 aromatic carbocycles. The van der Waals surface area contributed by atoms with Gasteiger partial charge in [0.25, 0.3) is 0 Å². The minimum Gasteiger partial charge on any atom is -0.456 e. The third-order valence-corrected chi connectivity index (χ3v) is 4.49. The summed E-state index contributed by atoms with van der Waals surface area (Å²) >= 11 is 5.87. The lowest BCUT2D eigenvalue weighted by Crippen LogP contribution is -2.06. The number of aromatic amines is 1. The van der Waals surface area contributed by atoms with Gasteiger partial charge in [-0.05, 0) is 36.4 Å². The van der Waals surface area contributed by atoms with Crippen molar-refractivity contribution in [1.82, 2.24) is 4.98 Å². The summed E-state index contributed by atoms with van der Waals surface area (Å²) in [6, 6.07) is 19.3. The fourth-order valence-electron chi connectivity index (χ4n) is 2.99. The molecule has 0 fully saturated rings. The Morgan fingerprint density at radius 1 is 1.04 bits per heavy atom. The van der Waals surface area contributed by atoms with E-state index in [-0.39, 0.29) is 22.1 Å². The van der Waals surface area contributed by atoms with Gasteiger partial charge in [-0.1, -0.05) is 29.8 Å². The van der Waals surface area contributed by atoms with E-state index in [9.17, 15) is 14.4 Å². The number of ether oxygens (including phenoxy) is 1. The van der Waals surface area contributed by atoms with Gasteiger partial charge in [0.15, 0.2) is 5.43 Å². The SMILES string of the molecule is N#Cc1ccccc1-c1cc(=O)c2c(Oc3ccc(Cl)cc3)cc(F)cc2[nH]1. The van der Waals surface area contributed by atoms with E-state index in [1.54, 1.807) is 48.5 Å². The summed E-state index contributed by atoms with van der Waals surface area (Å²) in [4.78, 5) is 15.9. The Bertz CT molecular complexity index is 1290. The molecule has 136 valence electrons. The lowest BCUT2D eigenvalue weighted by Gasteiger charge is -2.11. The molecule has 0 bridgehead atoms. The summed E-state index contributed by atoms with van der Waals surface area (Å²) in [6.45, 7) is 0. The molecule has 4 rings (SSSR count). The molecule has 0 aliphatic heterocycles. The maximum Gasteiger partial charge on any atom is 0.193 e. The number of halogens is 2. The van der Waals surface area contributed by atoms with Crippen LogP contribution in [0, 0.1) is 17.1 Å². The van der Waals surface area contributed by atoms with Crippen LogP contribution in [0.2, 0.25) is 5.02 Å². The molecule has 0 spiro atoms. The number of nitrogens with one attached hydrogen (secondary N) is 1. The molecule has 0 saturated heterocycles. The average Bonchev–Trinajstić information content (AvgIpc) is 2.69. The van der Waals surface area contributed by atoms with Crippen molar-refractivity contribution >= 4 is 22.5 Å². The Morgan fingerprint density at radius 2 is 1.79 bits per heavy atom. The predicted octanol–water partition coefficient (Wildman–Crippen LogP) is 5.65. The van der Waals surface area contributed by atoms with Crippen molar-refractivity contribution in [3.8, 4) is 28.8 Å². The molecule has 0 unspecified atom stereocenters. The molecule has 1 aromatic heterocycles. The minimum absolute atomic E-state index is 0.0960. The van der Waals surface area contributed by atoms with Crippen molar-refractivity contribution in [2.75, 3.05) is 0 Å². The molecule has 0 saturated carbocycles. The van der Waals surface area contributed by atoms with Crippen LogP contribution in [-0.2, 0) is 0 Å². The largest absolute Gasteiger partial charge is 0.456 e. The van der Waals surface area contributed by atoms with Crippen LogP contribution in [0.4, 0.5) is 4.39 Å². The van der Waals surface area contributed by atoms with E-state index >= 15 is 0 Å². The van der Waals surface area contributed by atoms with Crippen LogP contribution in [0.5, 0.6) is 11.5 Å². The summed E-state index contributed by atoms with van der Waals surface area (Å²) in [7, 11) is 0. The molecule has 0 radical (unpaired) electrons. The highest BCUT2D eigenvalue weighted by Gasteiger charge is 2.14. The number of hydrogen-bond acceptors (Lipinski definition) is 3. The van der Waals surface area contributed by atoms with Crippen molar-refractivity contribution in [2.24, 2.45) is 0 Å². The highest BCUT2D eigenvalue weighted by atomic mass is 35.5. The van der Waals surface area contributed by atoms with Crippen LogP contribution >= 0.6 is 11.6 Å². The molecule has 6 heteroatoms. The van der Waals surface area contributed by atoms with Gasteiger partial charge in [-0.2, -0.15) is 5.26 Å². The van der Waals surface area contributed by atoms with Crippen molar-refractivity contribution in [1.29, 1.82) is 5.26 Å². The Balaban J connectivity index is 1.89. The second-order valence-corrected chi connectivity index (χ2v) is 6.52. The maximum absolute atomic E-state index is 14.2. The first kappa shape index (κ1) is 17.8. The van der Waals surface area contributed by atoms with Gasteiger partial charge in [0.1, 0.15) is 17.3 Å². The van der Waals surface area contributed by atoms with Crippen LogP contribution in [0.1, 0.15) is 5.56 Å². The smallest absolute Gasteiger partial charge is 0.193 e. The highest BCUT2D eigenvalue weighted by Crippen LogP contribution is 2.31. The third-order valence-electron chi connectivity index (χ3n) is 4.24. The van der Waals surface area contributed by atoms with Gasteiger partial charge in [0.2, 0.25) is 0 Å². The maximum atomic E-state index is 14.2. The highest BCUT2D eigenvalue weighted by molar-refractivity contribution is 6.30. The van der Waals surface area contributed by atoms with Gasteiger partial charge in [-0.3, -0.25) is 4.79 Å². The van der Waals surface area contributed by atoms with E-state index in [4.69, 9.17) is 16.3 Å². The van der Waals surface area contributed by atoms with Gasteiger partial charge in [-0.25, -0.2) is 4.39 Å². The van der Waals surface area contributed by atoms with Crippen molar-refractivity contribution in [3.63, 3.8) is 0 Å². The monoisotopic (exact) mass is 390 g/mol. The van der Waals surface area contributed by atoms with Crippen LogP contribution < -0.4 is 10.2 Å². The summed E-state index contributed by atoms with van der Waals surface area (Å²) in [6.07, 6.45) is 0. The second-order valence-electron chi connectivity index (χ2n) is 6.09. The Labute approximate surface area is 164 Å². The minimum atomic E-state index is -0.558. The molecule has 0 atom stereocenters. The average molecular weight is 391 g/mol. The van der Waals surface area contributed by atoms with Gasteiger partial charge in [0, 0.05) is 22.7 Å². The van der Waals surface area contributed by atoms with Crippen LogP contribution in [-0.4, -0.2) is 4.98 Å². The van der Waals surface area contributed by atoms with E-state index in [2.05, 4.69) is 11.1 Å².